The summed E-state index contributed by atoms with van der Waals surface area (Å²) in [5.41, 5.74) is 3.28. The van der Waals surface area contributed by atoms with E-state index in [1.807, 2.05) is 0 Å². The standard InChI is InChI=1S/C9H16N4O4/c1-6-9(13(15)16)7(2)12(11-6)5-8(14)4-10-17-3/h8,10,14H,4-5H2,1-3H3. The molecule has 0 radical (unpaired) electrons. The zero-order chi connectivity index (χ0) is 13.0. The minimum atomic E-state index is -0.729. The van der Waals surface area contributed by atoms with E-state index in [9.17, 15) is 15.2 Å². The molecule has 1 unspecified atom stereocenters. The lowest BCUT2D eigenvalue weighted by atomic mass is 10.3. The molecule has 1 atom stereocenters. The Hall–Kier alpha value is -1.51. The van der Waals surface area contributed by atoms with Crippen molar-refractivity contribution < 1.29 is 14.9 Å². The van der Waals surface area contributed by atoms with E-state index >= 15 is 0 Å². The van der Waals surface area contributed by atoms with Crippen LogP contribution in [0.5, 0.6) is 0 Å². The van der Waals surface area contributed by atoms with Crippen LogP contribution in [-0.2, 0) is 11.4 Å². The van der Waals surface area contributed by atoms with Gasteiger partial charge < -0.3 is 9.94 Å². The summed E-state index contributed by atoms with van der Waals surface area (Å²) in [6.45, 7) is 3.58. The molecule has 0 fully saturated rings. The smallest absolute Gasteiger partial charge is 0.312 e. The van der Waals surface area contributed by atoms with Crippen molar-refractivity contribution in [3.63, 3.8) is 0 Å². The molecule has 0 amide bonds. The van der Waals surface area contributed by atoms with Crippen LogP contribution in [0, 0.1) is 24.0 Å². The molecule has 0 aliphatic carbocycles. The van der Waals surface area contributed by atoms with Crippen molar-refractivity contribution >= 4 is 5.69 Å². The van der Waals surface area contributed by atoms with E-state index in [0.29, 0.717) is 11.4 Å². The van der Waals surface area contributed by atoms with Gasteiger partial charge in [0.1, 0.15) is 11.4 Å². The third-order valence-corrected chi connectivity index (χ3v) is 2.37. The van der Waals surface area contributed by atoms with Gasteiger partial charge in [0.25, 0.3) is 0 Å². The molecule has 0 aliphatic rings. The lowest BCUT2D eigenvalue weighted by Gasteiger charge is -2.11. The number of nitrogens with zero attached hydrogens (tertiary/aromatic N) is 3. The average molecular weight is 244 g/mol. The van der Waals surface area contributed by atoms with Gasteiger partial charge in [-0.2, -0.15) is 5.10 Å². The summed E-state index contributed by atoms with van der Waals surface area (Å²) in [6, 6.07) is 0. The normalized spacial score (nSPS) is 12.7. The second kappa shape index (κ2) is 5.71. The summed E-state index contributed by atoms with van der Waals surface area (Å²) in [6.07, 6.45) is -0.729. The lowest BCUT2D eigenvalue weighted by molar-refractivity contribution is -0.386. The molecule has 1 rings (SSSR count). The van der Waals surface area contributed by atoms with Crippen molar-refractivity contribution in [3.8, 4) is 0 Å². The quantitative estimate of drug-likeness (QED) is 0.536. The molecule has 8 nitrogen and oxygen atoms in total. The van der Waals surface area contributed by atoms with Crippen LogP contribution in [-0.4, -0.2) is 39.6 Å². The average Bonchev–Trinajstić information content (AvgIpc) is 2.51. The first-order chi connectivity index (χ1) is 7.97. The highest BCUT2D eigenvalue weighted by molar-refractivity contribution is 5.39. The highest BCUT2D eigenvalue weighted by Gasteiger charge is 2.22. The molecule has 8 heteroatoms. The van der Waals surface area contributed by atoms with Crippen LogP contribution >= 0.6 is 0 Å². The van der Waals surface area contributed by atoms with Gasteiger partial charge in [-0.1, -0.05) is 0 Å². The highest BCUT2D eigenvalue weighted by atomic mass is 16.6. The van der Waals surface area contributed by atoms with Gasteiger partial charge >= 0.3 is 5.69 Å². The zero-order valence-electron chi connectivity index (χ0n) is 10.0. The monoisotopic (exact) mass is 244 g/mol. The molecule has 0 bridgehead atoms. The first kappa shape index (κ1) is 13.6. The van der Waals surface area contributed by atoms with Crippen molar-refractivity contribution in [2.24, 2.45) is 0 Å². The van der Waals surface area contributed by atoms with E-state index in [4.69, 9.17) is 0 Å². The van der Waals surface area contributed by atoms with Crippen molar-refractivity contribution in [1.29, 1.82) is 0 Å². The van der Waals surface area contributed by atoms with Gasteiger partial charge in [0, 0.05) is 6.54 Å². The fourth-order valence-electron chi connectivity index (χ4n) is 1.57. The molecular formula is C9H16N4O4. The van der Waals surface area contributed by atoms with Crippen LogP contribution in [0.4, 0.5) is 5.69 Å². The Kier molecular flexibility index (Phi) is 4.55. The minimum Gasteiger partial charge on any atom is -0.390 e. The van der Waals surface area contributed by atoms with Crippen molar-refractivity contribution in [3.05, 3.63) is 21.5 Å². The van der Waals surface area contributed by atoms with E-state index in [1.165, 1.54) is 11.8 Å². The number of hydrogen-bond acceptors (Lipinski definition) is 6. The van der Waals surface area contributed by atoms with Crippen LogP contribution in [0.1, 0.15) is 11.4 Å². The number of aliphatic hydroxyl groups excluding tert-OH is 1. The maximum absolute atomic E-state index is 10.8. The molecular weight excluding hydrogens is 228 g/mol. The summed E-state index contributed by atoms with van der Waals surface area (Å²) in [7, 11) is 1.45. The van der Waals surface area contributed by atoms with Crippen molar-refractivity contribution in [2.75, 3.05) is 13.7 Å². The van der Waals surface area contributed by atoms with Crippen LogP contribution in [0.25, 0.3) is 0 Å². The molecule has 1 aromatic rings. The summed E-state index contributed by atoms with van der Waals surface area (Å²) in [4.78, 5) is 14.9. The number of rotatable bonds is 6. The Balaban J connectivity index is 2.79. The lowest BCUT2D eigenvalue weighted by Crippen LogP contribution is -2.30. The van der Waals surface area contributed by atoms with Gasteiger partial charge in [-0.05, 0) is 13.8 Å². The van der Waals surface area contributed by atoms with E-state index < -0.39 is 11.0 Å². The Morgan fingerprint density at radius 3 is 2.76 bits per heavy atom. The maximum atomic E-state index is 10.8. The fraction of sp³-hybridized carbons (Fsp3) is 0.667. The number of aryl methyl sites for hydroxylation is 1. The Bertz CT molecular complexity index is 404. The predicted molar refractivity (Wildman–Crippen MR) is 59.4 cm³/mol. The highest BCUT2D eigenvalue weighted by Crippen LogP contribution is 2.21. The van der Waals surface area contributed by atoms with Crippen LogP contribution < -0.4 is 5.48 Å². The third-order valence-electron chi connectivity index (χ3n) is 2.37. The van der Waals surface area contributed by atoms with E-state index in [2.05, 4.69) is 15.4 Å². The minimum absolute atomic E-state index is 0.00287. The third kappa shape index (κ3) is 3.22. The molecule has 0 aromatic carbocycles. The second-order valence-corrected chi connectivity index (χ2v) is 3.67. The van der Waals surface area contributed by atoms with Crippen molar-refractivity contribution in [2.45, 2.75) is 26.5 Å². The summed E-state index contributed by atoms with van der Waals surface area (Å²) < 4.78 is 1.43. The Morgan fingerprint density at radius 2 is 2.29 bits per heavy atom. The summed E-state index contributed by atoms with van der Waals surface area (Å²) in [5.74, 6) is 0. The second-order valence-electron chi connectivity index (χ2n) is 3.67. The van der Waals surface area contributed by atoms with Gasteiger partial charge in [-0.3, -0.25) is 14.8 Å². The van der Waals surface area contributed by atoms with Gasteiger partial charge in [0.05, 0.1) is 24.7 Å². The molecule has 0 spiro atoms. The molecule has 0 aliphatic heterocycles. The fourth-order valence-corrected chi connectivity index (χ4v) is 1.57. The number of nitrogens with one attached hydrogen (secondary N) is 1. The van der Waals surface area contributed by atoms with Crippen LogP contribution in [0.15, 0.2) is 0 Å². The maximum Gasteiger partial charge on any atom is 0.312 e. The predicted octanol–water partition coefficient (Wildman–Crippen LogP) is -0.0800. The first-order valence-electron chi connectivity index (χ1n) is 5.09. The van der Waals surface area contributed by atoms with Crippen LogP contribution in [0.3, 0.4) is 0 Å². The van der Waals surface area contributed by atoms with E-state index in [-0.39, 0.29) is 18.8 Å². The SMILES string of the molecule is CONCC(O)Cn1nc(C)c([N+](=O)[O-])c1C. The molecule has 0 saturated heterocycles. The number of hydroxylamine groups is 1. The first-order valence-corrected chi connectivity index (χ1v) is 5.09. The summed E-state index contributed by atoms with van der Waals surface area (Å²) in [5, 5.41) is 24.4. The molecule has 96 valence electrons. The molecule has 0 saturated carbocycles. The largest absolute Gasteiger partial charge is 0.390 e. The summed E-state index contributed by atoms with van der Waals surface area (Å²) >= 11 is 0. The van der Waals surface area contributed by atoms with Gasteiger partial charge in [0.15, 0.2) is 0 Å². The topological polar surface area (TPSA) is 102 Å². The van der Waals surface area contributed by atoms with Crippen LogP contribution in [0.2, 0.25) is 0 Å². The number of nitro groups is 1. The Labute approximate surface area is 98.3 Å². The number of aromatic nitrogens is 2. The van der Waals surface area contributed by atoms with Gasteiger partial charge in [-0.15, -0.1) is 0 Å². The molecule has 1 heterocycles. The zero-order valence-corrected chi connectivity index (χ0v) is 10.0. The van der Waals surface area contributed by atoms with E-state index in [0.717, 1.165) is 0 Å². The van der Waals surface area contributed by atoms with Gasteiger partial charge in [0.2, 0.25) is 0 Å². The number of hydrogen-bond donors (Lipinski definition) is 2. The number of aliphatic hydroxyl groups is 1. The van der Waals surface area contributed by atoms with Crippen molar-refractivity contribution in [1.82, 2.24) is 15.3 Å². The van der Waals surface area contributed by atoms with E-state index in [1.54, 1.807) is 13.8 Å². The molecule has 1 aromatic heterocycles. The Morgan fingerprint density at radius 1 is 1.65 bits per heavy atom. The molecule has 17 heavy (non-hydrogen) atoms. The molecule has 2 N–H and O–H groups in total. The van der Waals surface area contributed by atoms with Gasteiger partial charge in [-0.25, -0.2) is 5.48 Å².